The van der Waals surface area contributed by atoms with Crippen LogP contribution in [0.1, 0.15) is 29.5 Å². The van der Waals surface area contributed by atoms with Gasteiger partial charge < -0.3 is 49.3 Å². The molecule has 0 aliphatic rings. The lowest BCUT2D eigenvalue weighted by molar-refractivity contribution is -0.192. The number of nitrogen functional groups attached to an aromatic ring is 2. The van der Waals surface area contributed by atoms with Gasteiger partial charge in [-0.05, 0) is 42.5 Å². The van der Waals surface area contributed by atoms with Gasteiger partial charge in [0, 0.05) is 30.8 Å². The van der Waals surface area contributed by atoms with E-state index in [1.54, 1.807) is 48.5 Å². The van der Waals surface area contributed by atoms with Crippen LogP contribution in [0.15, 0.2) is 61.2 Å². The third-order valence-corrected chi connectivity index (χ3v) is 6.70. The SMILES string of the molecule is C=CCNC(=O)C(Cc1ccc(C(=N)N)cc1)C(=O)NC(Cc1ccc(N)cc1)C(=O)N[C@@H](CCCNC(=N)N)C(N)=O.O=C(O)C(F)(F)F. The molecule has 0 saturated heterocycles. The zero-order valence-electron chi connectivity index (χ0n) is 26.8. The summed E-state index contributed by atoms with van der Waals surface area (Å²) in [6, 6.07) is 11.0. The minimum Gasteiger partial charge on any atom is -0.475 e. The number of rotatable bonds is 17. The van der Waals surface area contributed by atoms with Crippen LogP contribution >= 0.6 is 0 Å². The highest BCUT2D eigenvalue weighted by atomic mass is 19.4. The Morgan fingerprint density at radius 1 is 0.820 bits per heavy atom. The molecule has 0 fully saturated rings. The summed E-state index contributed by atoms with van der Waals surface area (Å²) in [5, 5.41) is 32.4. The summed E-state index contributed by atoms with van der Waals surface area (Å²) in [6.45, 7) is 3.99. The van der Waals surface area contributed by atoms with Crippen LogP contribution in [0.3, 0.4) is 0 Å². The Morgan fingerprint density at radius 3 is 1.82 bits per heavy atom. The quantitative estimate of drug-likeness (QED) is 0.0253. The van der Waals surface area contributed by atoms with E-state index in [0.29, 0.717) is 28.8 Å². The zero-order chi connectivity index (χ0) is 38.0. The van der Waals surface area contributed by atoms with Crippen molar-refractivity contribution in [1.29, 1.82) is 10.8 Å². The maximum Gasteiger partial charge on any atom is 0.490 e. The van der Waals surface area contributed by atoms with E-state index in [0.717, 1.165) is 0 Å². The van der Waals surface area contributed by atoms with Gasteiger partial charge in [0.05, 0.1) is 0 Å². The number of amides is 4. The molecule has 16 nitrogen and oxygen atoms in total. The Hall–Kier alpha value is -6.14. The number of alkyl halides is 3. The lowest BCUT2D eigenvalue weighted by Crippen LogP contribution is -2.55. The Kier molecular flexibility index (Phi) is 17.0. The number of carbonyl (C=O) groups excluding carboxylic acids is 4. The number of primary amides is 1. The smallest absolute Gasteiger partial charge is 0.475 e. The van der Waals surface area contributed by atoms with Crippen molar-refractivity contribution in [3.8, 4) is 0 Å². The molecule has 0 heterocycles. The van der Waals surface area contributed by atoms with Crippen molar-refractivity contribution in [2.75, 3.05) is 18.8 Å². The summed E-state index contributed by atoms with van der Waals surface area (Å²) >= 11 is 0. The Morgan fingerprint density at radius 2 is 1.34 bits per heavy atom. The molecule has 0 aromatic heterocycles. The van der Waals surface area contributed by atoms with E-state index < -0.39 is 53.8 Å². The second-order valence-electron chi connectivity index (χ2n) is 10.7. The molecule has 15 N–H and O–H groups in total. The fourth-order valence-electron chi connectivity index (χ4n) is 4.11. The fourth-order valence-corrected chi connectivity index (χ4v) is 4.11. The van der Waals surface area contributed by atoms with Gasteiger partial charge in [0.15, 0.2) is 5.96 Å². The number of guanidine groups is 1. The normalized spacial score (nSPS) is 12.4. The third kappa shape index (κ3) is 15.6. The van der Waals surface area contributed by atoms with Crippen LogP contribution in [0.4, 0.5) is 18.9 Å². The predicted octanol–water partition coefficient (Wildman–Crippen LogP) is -0.392. The molecule has 272 valence electrons. The summed E-state index contributed by atoms with van der Waals surface area (Å²) < 4.78 is 31.7. The van der Waals surface area contributed by atoms with Crippen molar-refractivity contribution in [2.45, 2.75) is 43.9 Å². The largest absolute Gasteiger partial charge is 0.490 e. The van der Waals surface area contributed by atoms with Crippen LogP contribution in [0.5, 0.6) is 0 Å². The molecule has 19 heteroatoms. The average molecular weight is 707 g/mol. The van der Waals surface area contributed by atoms with Crippen LogP contribution in [-0.4, -0.2) is 77.8 Å². The highest BCUT2D eigenvalue weighted by Gasteiger charge is 2.38. The lowest BCUT2D eigenvalue weighted by Gasteiger charge is -2.24. The molecule has 2 rings (SSSR count). The predicted molar refractivity (Wildman–Crippen MR) is 178 cm³/mol. The van der Waals surface area contributed by atoms with Gasteiger partial charge in [-0.25, -0.2) is 4.79 Å². The van der Waals surface area contributed by atoms with Crippen molar-refractivity contribution in [1.82, 2.24) is 21.3 Å². The van der Waals surface area contributed by atoms with Crippen molar-refractivity contribution in [2.24, 2.45) is 23.1 Å². The van der Waals surface area contributed by atoms with Crippen LogP contribution in [-0.2, 0) is 36.8 Å². The molecule has 50 heavy (non-hydrogen) atoms. The minimum absolute atomic E-state index is 0.00371. The first-order valence-corrected chi connectivity index (χ1v) is 14.8. The summed E-state index contributed by atoms with van der Waals surface area (Å²) in [5.74, 6) is -7.07. The molecule has 0 aliphatic heterocycles. The number of carbonyl (C=O) groups is 5. The Balaban J connectivity index is 0.00000161. The summed E-state index contributed by atoms with van der Waals surface area (Å²) in [7, 11) is 0. The molecular formula is C31H41F3N10O6. The first kappa shape index (κ1) is 41.9. The molecule has 0 aliphatic carbocycles. The van der Waals surface area contributed by atoms with E-state index in [1.165, 1.54) is 6.08 Å². The van der Waals surface area contributed by atoms with E-state index in [1.807, 2.05) is 0 Å². The summed E-state index contributed by atoms with van der Waals surface area (Å²) in [4.78, 5) is 61.1. The molecule has 2 unspecified atom stereocenters. The first-order valence-electron chi connectivity index (χ1n) is 14.8. The van der Waals surface area contributed by atoms with E-state index in [4.69, 9.17) is 43.7 Å². The van der Waals surface area contributed by atoms with Gasteiger partial charge in [-0.15, -0.1) is 6.58 Å². The van der Waals surface area contributed by atoms with Gasteiger partial charge in [0.25, 0.3) is 0 Å². The minimum atomic E-state index is -5.08. The van der Waals surface area contributed by atoms with Gasteiger partial charge in [0.2, 0.25) is 23.6 Å². The number of nitrogens with two attached hydrogens (primary N) is 4. The standard InChI is InChI=1S/C29H40N10O4.C2HF3O2/c1-2-13-36-26(41)21(15-17-5-9-19(10-6-17)24(31)32)27(42)39-23(16-18-7-11-20(30)12-8-18)28(43)38-22(25(33)40)4-3-14-37-29(34)35;3-2(4,5)1(6)7/h2,5-12,21-23H,1,3-4,13-16,30H2,(H3,31,32)(H2,33,40)(H,36,41)(H,38,43)(H,39,42)(H4,34,35,37);(H,6,7)/t21?,22-,23?;/m0./s1. The number of hydrogen-bond acceptors (Lipinski definition) is 8. The van der Waals surface area contributed by atoms with E-state index in [9.17, 15) is 32.3 Å². The molecule has 2 aromatic rings. The van der Waals surface area contributed by atoms with Crippen molar-refractivity contribution in [3.05, 3.63) is 77.9 Å². The van der Waals surface area contributed by atoms with Crippen LogP contribution in [0, 0.1) is 16.7 Å². The van der Waals surface area contributed by atoms with E-state index in [2.05, 4.69) is 27.8 Å². The fraction of sp³-hybridized carbons (Fsp3) is 0.323. The Labute approximate surface area is 285 Å². The average Bonchev–Trinajstić information content (AvgIpc) is 3.04. The van der Waals surface area contributed by atoms with Gasteiger partial charge >= 0.3 is 12.1 Å². The molecular weight excluding hydrogens is 665 g/mol. The first-order chi connectivity index (χ1) is 23.3. The van der Waals surface area contributed by atoms with E-state index >= 15 is 0 Å². The third-order valence-electron chi connectivity index (χ3n) is 6.70. The number of carboxylic acid groups (broad SMARTS) is 1. The zero-order valence-corrected chi connectivity index (χ0v) is 26.8. The summed E-state index contributed by atoms with van der Waals surface area (Å²) in [5.41, 5.74) is 24.4. The summed E-state index contributed by atoms with van der Waals surface area (Å²) in [6.07, 6.45) is -3.05. The van der Waals surface area contributed by atoms with Gasteiger partial charge in [-0.3, -0.25) is 30.0 Å². The number of nitrogens with one attached hydrogen (secondary N) is 6. The lowest BCUT2D eigenvalue weighted by atomic mass is 9.95. The van der Waals surface area contributed by atoms with Crippen LogP contribution < -0.4 is 44.2 Å². The van der Waals surface area contributed by atoms with E-state index in [-0.39, 0.29) is 44.1 Å². The second-order valence-corrected chi connectivity index (χ2v) is 10.7. The monoisotopic (exact) mass is 706 g/mol. The van der Waals surface area contributed by atoms with Crippen molar-refractivity contribution < 1.29 is 42.3 Å². The van der Waals surface area contributed by atoms with Gasteiger partial charge in [-0.2, -0.15) is 13.2 Å². The van der Waals surface area contributed by atoms with Crippen molar-refractivity contribution in [3.63, 3.8) is 0 Å². The van der Waals surface area contributed by atoms with Crippen molar-refractivity contribution >= 4 is 47.1 Å². The number of halogens is 3. The second kappa shape index (κ2) is 20.3. The highest BCUT2D eigenvalue weighted by molar-refractivity contribution is 6.02. The molecule has 3 atom stereocenters. The number of benzene rings is 2. The molecule has 4 amide bonds. The number of carboxylic acids is 1. The molecule has 0 bridgehead atoms. The maximum absolute atomic E-state index is 13.6. The molecule has 0 radical (unpaired) electrons. The number of amidine groups is 1. The Bertz CT molecular complexity index is 1520. The maximum atomic E-state index is 13.6. The molecule has 0 saturated carbocycles. The topological polar surface area (TPSA) is 305 Å². The van der Waals surface area contributed by atoms with Crippen LogP contribution in [0.25, 0.3) is 0 Å². The van der Waals surface area contributed by atoms with Crippen LogP contribution in [0.2, 0.25) is 0 Å². The highest BCUT2D eigenvalue weighted by Crippen LogP contribution is 2.15. The van der Waals surface area contributed by atoms with Gasteiger partial charge in [0.1, 0.15) is 23.8 Å². The number of hydrogen-bond donors (Lipinski definition) is 11. The number of anilines is 1. The number of aliphatic carboxylic acids is 1. The van der Waals surface area contributed by atoms with Gasteiger partial charge in [-0.1, -0.05) is 42.5 Å². The molecule has 0 spiro atoms. The molecule has 2 aromatic carbocycles.